The summed E-state index contributed by atoms with van der Waals surface area (Å²) in [4.78, 5) is 0. The molecule has 1 heteroatoms. The second-order valence-corrected chi connectivity index (χ2v) is 3.15. The van der Waals surface area contributed by atoms with Crippen molar-refractivity contribution in [3.63, 3.8) is 0 Å². The molecule has 0 N–H and O–H groups in total. The summed E-state index contributed by atoms with van der Waals surface area (Å²) in [5.41, 5.74) is 2.58. The van der Waals surface area contributed by atoms with E-state index >= 15 is 0 Å². The zero-order valence-electron chi connectivity index (χ0n) is 9.12. The van der Waals surface area contributed by atoms with Crippen LogP contribution in [0.15, 0.2) is 48.5 Å². The molecule has 0 radical (unpaired) electrons. The molecule has 0 amide bonds. The van der Waals surface area contributed by atoms with Crippen molar-refractivity contribution in [2.75, 3.05) is 0 Å². The molecule has 0 aliphatic carbocycles. The van der Waals surface area contributed by atoms with E-state index in [0.29, 0.717) is 0 Å². The monoisotopic (exact) mass is 272 g/mol. The first-order valence-corrected chi connectivity index (χ1v) is 4.64. The van der Waals surface area contributed by atoms with E-state index in [1.54, 1.807) is 0 Å². The predicted octanol–water partition coefficient (Wildman–Crippen LogP) is 3.59. The Bertz CT molecular complexity index is 303. The van der Waals surface area contributed by atoms with E-state index in [0.717, 1.165) is 0 Å². The molecule has 0 saturated carbocycles. The summed E-state index contributed by atoms with van der Waals surface area (Å²) in [5, 5.41) is 0. The van der Waals surface area contributed by atoms with Crippen molar-refractivity contribution in [3.8, 4) is 0 Å². The number of hydrogen-bond donors (Lipinski definition) is 0. The molecule has 0 heterocycles. The van der Waals surface area contributed by atoms with Crippen LogP contribution in [0.3, 0.4) is 0 Å². The van der Waals surface area contributed by atoms with Crippen LogP contribution >= 0.6 is 0 Å². The minimum atomic E-state index is 0. The SMILES string of the molecule is Cc1cc[c-]cc1.Cc1cc[c-]cc1.[Zr+2]. The molecule has 2 aromatic carbocycles. The van der Waals surface area contributed by atoms with E-state index in [-0.39, 0.29) is 26.2 Å². The fraction of sp³-hybridized carbons (Fsp3) is 0.143. The summed E-state index contributed by atoms with van der Waals surface area (Å²) in [6.45, 7) is 4.13. The quantitative estimate of drug-likeness (QED) is 0.644. The van der Waals surface area contributed by atoms with Crippen LogP contribution in [-0.4, -0.2) is 0 Å². The fourth-order valence-corrected chi connectivity index (χ4v) is 0.940. The maximum Gasteiger partial charge on any atom is 2.00 e. The van der Waals surface area contributed by atoms with Gasteiger partial charge in [0.1, 0.15) is 0 Å². The van der Waals surface area contributed by atoms with Crippen LogP contribution in [0, 0.1) is 26.0 Å². The third-order valence-electron chi connectivity index (χ3n) is 1.77. The van der Waals surface area contributed by atoms with Crippen molar-refractivity contribution < 1.29 is 26.2 Å². The van der Waals surface area contributed by atoms with Crippen LogP contribution in [-0.2, 0) is 26.2 Å². The molecule has 0 aromatic heterocycles. The van der Waals surface area contributed by atoms with Crippen LogP contribution in [0.4, 0.5) is 0 Å². The van der Waals surface area contributed by atoms with E-state index < -0.39 is 0 Å². The smallest absolute Gasteiger partial charge is 0.184 e. The summed E-state index contributed by atoms with van der Waals surface area (Å²) in [6, 6.07) is 21.6. The van der Waals surface area contributed by atoms with Gasteiger partial charge in [-0.3, -0.25) is 0 Å². The van der Waals surface area contributed by atoms with Gasteiger partial charge in [0.05, 0.1) is 0 Å². The van der Waals surface area contributed by atoms with E-state index in [9.17, 15) is 0 Å². The molecule has 0 atom stereocenters. The number of rotatable bonds is 0. The number of aryl methyl sites for hydroxylation is 2. The van der Waals surface area contributed by atoms with Crippen LogP contribution in [0.2, 0.25) is 0 Å². The first-order valence-electron chi connectivity index (χ1n) is 4.64. The second-order valence-electron chi connectivity index (χ2n) is 3.15. The molecular formula is C14H14Zr. The zero-order valence-corrected chi connectivity index (χ0v) is 11.6. The first-order chi connectivity index (χ1) is 6.79. The molecule has 15 heavy (non-hydrogen) atoms. The van der Waals surface area contributed by atoms with Gasteiger partial charge in [0.2, 0.25) is 0 Å². The Morgan fingerprint density at radius 3 is 1.07 bits per heavy atom. The fourth-order valence-electron chi connectivity index (χ4n) is 0.940. The van der Waals surface area contributed by atoms with Crippen molar-refractivity contribution >= 4 is 0 Å². The predicted molar refractivity (Wildman–Crippen MR) is 60.0 cm³/mol. The largest absolute Gasteiger partial charge is 2.00 e. The Labute approximate surface area is 111 Å². The third-order valence-corrected chi connectivity index (χ3v) is 1.77. The van der Waals surface area contributed by atoms with Crippen LogP contribution in [0.1, 0.15) is 11.1 Å². The Kier molecular flexibility index (Phi) is 8.23. The van der Waals surface area contributed by atoms with Crippen molar-refractivity contribution in [1.29, 1.82) is 0 Å². The van der Waals surface area contributed by atoms with E-state index in [2.05, 4.69) is 26.0 Å². The van der Waals surface area contributed by atoms with Gasteiger partial charge in [0.15, 0.2) is 0 Å². The normalized spacial score (nSPS) is 8.13. The molecule has 0 aliphatic heterocycles. The molecule has 74 valence electrons. The maximum absolute atomic E-state index is 2.93. The first kappa shape index (κ1) is 14.3. The van der Waals surface area contributed by atoms with Gasteiger partial charge < -0.3 is 0 Å². The summed E-state index contributed by atoms with van der Waals surface area (Å²) in [7, 11) is 0. The molecule has 2 aromatic rings. The average Bonchev–Trinajstić information content (AvgIpc) is 2.21. The van der Waals surface area contributed by atoms with Gasteiger partial charge in [-0.1, -0.05) is 13.8 Å². The topological polar surface area (TPSA) is 0 Å². The average molecular weight is 273 g/mol. The van der Waals surface area contributed by atoms with Gasteiger partial charge >= 0.3 is 26.2 Å². The van der Waals surface area contributed by atoms with E-state index in [4.69, 9.17) is 0 Å². The minimum absolute atomic E-state index is 0. The Hall–Kier alpha value is -0.677. The van der Waals surface area contributed by atoms with Crippen molar-refractivity contribution in [1.82, 2.24) is 0 Å². The van der Waals surface area contributed by atoms with Gasteiger partial charge in [-0.15, -0.1) is 0 Å². The zero-order chi connectivity index (χ0) is 10.2. The van der Waals surface area contributed by atoms with Gasteiger partial charge in [-0.2, -0.15) is 71.8 Å². The van der Waals surface area contributed by atoms with Crippen molar-refractivity contribution in [3.05, 3.63) is 71.8 Å². The number of benzene rings is 2. The summed E-state index contributed by atoms with van der Waals surface area (Å²) in [6.07, 6.45) is 0. The van der Waals surface area contributed by atoms with E-state index in [1.165, 1.54) is 11.1 Å². The standard InChI is InChI=1S/2C7H7.Zr/c2*1-7-5-3-2-4-6-7;/h2*3-6H,1H3;/q2*-1;+2. The molecule has 0 nitrogen and oxygen atoms in total. The molecule has 0 spiro atoms. The van der Waals surface area contributed by atoms with Crippen LogP contribution in [0.25, 0.3) is 0 Å². The van der Waals surface area contributed by atoms with Gasteiger partial charge in [0.25, 0.3) is 0 Å². The number of hydrogen-bond acceptors (Lipinski definition) is 0. The summed E-state index contributed by atoms with van der Waals surface area (Å²) < 4.78 is 0. The minimum Gasteiger partial charge on any atom is -0.184 e. The van der Waals surface area contributed by atoms with Crippen LogP contribution in [0.5, 0.6) is 0 Å². The second kappa shape index (κ2) is 8.62. The van der Waals surface area contributed by atoms with Gasteiger partial charge in [-0.05, 0) is 0 Å². The summed E-state index contributed by atoms with van der Waals surface area (Å²) >= 11 is 0. The maximum atomic E-state index is 2.93. The molecule has 2 rings (SSSR count). The molecule has 0 unspecified atom stereocenters. The van der Waals surface area contributed by atoms with E-state index in [1.807, 2.05) is 48.5 Å². The Morgan fingerprint density at radius 2 is 0.933 bits per heavy atom. The van der Waals surface area contributed by atoms with Gasteiger partial charge in [0, 0.05) is 0 Å². The molecule has 0 saturated heterocycles. The summed E-state index contributed by atoms with van der Waals surface area (Å²) in [5.74, 6) is 0. The molecule has 0 bridgehead atoms. The van der Waals surface area contributed by atoms with Crippen LogP contribution < -0.4 is 0 Å². The molecule has 0 aliphatic rings. The van der Waals surface area contributed by atoms with Crippen molar-refractivity contribution in [2.24, 2.45) is 0 Å². The molecule has 0 fully saturated rings. The molecular weight excluding hydrogens is 259 g/mol. The van der Waals surface area contributed by atoms with Gasteiger partial charge in [-0.25, -0.2) is 0 Å². The third kappa shape index (κ3) is 7.28. The Morgan fingerprint density at radius 1 is 0.667 bits per heavy atom. The van der Waals surface area contributed by atoms with Crippen molar-refractivity contribution in [2.45, 2.75) is 13.8 Å². The Balaban J connectivity index is 0.000000245.